The second-order valence-corrected chi connectivity index (χ2v) is 8.86. The summed E-state index contributed by atoms with van der Waals surface area (Å²) < 4.78 is 5.93. The zero-order valence-electron chi connectivity index (χ0n) is 17.9. The molecule has 3 aromatic carbocycles. The fraction of sp³-hybridized carbons (Fsp3) is 0.259. The molecule has 2 aliphatic heterocycles. The van der Waals surface area contributed by atoms with Gasteiger partial charge in [-0.05, 0) is 33.4 Å². The first kappa shape index (κ1) is 19.1. The molecule has 2 amide bonds. The summed E-state index contributed by atoms with van der Waals surface area (Å²) in [6.07, 6.45) is 0.123. The average molecular weight is 425 g/mol. The fourth-order valence-electron chi connectivity index (χ4n) is 5.64. The number of amides is 2. The highest BCUT2D eigenvalue weighted by Gasteiger charge is 2.47. The van der Waals surface area contributed by atoms with Gasteiger partial charge in [-0.3, -0.25) is 9.69 Å². The van der Waals surface area contributed by atoms with Crippen LogP contribution in [-0.4, -0.2) is 48.0 Å². The second kappa shape index (κ2) is 7.23. The smallest absolute Gasteiger partial charge is 0.411 e. The van der Waals surface area contributed by atoms with E-state index in [4.69, 9.17) is 4.74 Å². The summed E-state index contributed by atoms with van der Waals surface area (Å²) in [5.41, 5.74) is 7.01. The van der Waals surface area contributed by atoms with Crippen molar-refractivity contribution in [3.63, 3.8) is 0 Å². The zero-order chi connectivity index (χ0) is 21.8. The van der Waals surface area contributed by atoms with Gasteiger partial charge in [-0.1, -0.05) is 72.8 Å². The Morgan fingerprint density at radius 3 is 2.16 bits per heavy atom. The highest BCUT2D eigenvalue weighted by molar-refractivity contribution is 5.88. The van der Waals surface area contributed by atoms with E-state index in [9.17, 15) is 9.59 Å². The molecule has 2 atom stereocenters. The van der Waals surface area contributed by atoms with Gasteiger partial charge in [0.1, 0.15) is 12.6 Å². The Balaban J connectivity index is 1.29. The van der Waals surface area contributed by atoms with Gasteiger partial charge in [-0.15, -0.1) is 0 Å². The van der Waals surface area contributed by atoms with Crippen molar-refractivity contribution in [3.8, 4) is 11.1 Å². The molecule has 3 aromatic rings. The first-order valence-electron chi connectivity index (χ1n) is 11.1. The molecule has 1 aliphatic carbocycles. The Kier molecular flexibility index (Phi) is 4.32. The molecule has 0 unspecified atom stereocenters. The van der Waals surface area contributed by atoms with E-state index in [1.165, 1.54) is 22.3 Å². The molecule has 6 rings (SSSR count). The molecule has 2 bridgehead atoms. The van der Waals surface area contributed by atoms with Gasteiger partial charge < -0.3 is 9.64 Å². The van der Waals surface area contributed by atoms with E-state index in [1.807, 2.05) is 43.4 Å². The quantitative estimate of drug-likeness (QED) is 0.614. The first-order valence-corrected chi connectivity index (χ1v) is 11.1. The maximum absolute atomic E-state index is 13.4. The topological polar surface area (TPSA) is 49.9 Å². The SMILES string of the molecule is CN1C[C@H]2c3ccccc3C[C@@H](C1=O)N2C(=O)OCC1c2ccccc2-c2ccccc21. The van der Waals surface area contributed by atoms with Crippen LogP contribution in [0, 0.1) is 0 Å². The Morgan fingerprint density at radius 1 is 0.875 bits per heavy atom. The number of nitrogens with zero attached hydrogens (tertiary/aromatic N) is 2. The van der Waals surface area contributed by atoms with Gasteiger partial charge in [0, 0.05) is 25.9 Å². The van der Waals surface area contributed by atoms with Crippen LogP contribution in [0.5, 0.6) is 0 Å². The van der Waals surface area contributed by atoms with Crippen molar-refractivity contribution < 1.29 is 14.3 Å². The Bertz CT molecular complexity index is 1190. The largest absolute Gasteiger partial charge is 0.448 e. The van der Waals surface area contributed by atoms with Crippen LogP contribution in [0.4, 0.5) is 4.79 Å². The third-order valence-corrected chi connectivity index (χ3v) is 7.15. The molecule has 2 heterocycles. The van der Waals surface area contributed by atoms with Crippen LogP contribution in [0.25, 0.3) is 11.1 Å². The van der Waals surface area contributed by atoms with E-state index < -0.39 is 12.1 Å². The van der Waals surface area contributed by atoms with Crippen molar-refractivity contribution >= 4 is 12.0 Å². The molecule has 5 heteroatoms. The van der Waals surface area contributed by atoms with Crippen molar-refractivity contribution in [2.45, 2.75) is 24.4 Å². The van der Waals surface area contributed by atoms with Crippen molar-refractivity contribution in [2.75, 3.05) is 20.2 Å². The van der Waals surface area contributed by atoms with Crippen molar-refractivity contribution in [1.29, 1.82) is 0 Å². The lowest BCUT2D eigenvalue weighted by Crippen LogP contribution is -2.61. The lowest BCUT2D eigenvalue weighted by molar-refractivity contribution is -0.143. The molecule has 5 nitrogen and oxygen atoms in total. The normalized spacial score (nSPS) is 21.1. The summed E-state index contributed by atoms with van der Waals surface area (Å²) in [6.45, 7) is 0.741. The van der Waals surface area contributed by atoms with Gasteiger partial charge in [-0.2, -0.15) is 0 Å². The number of carbonyl (C=O) groups is 2. The Labute approximate surface area is 187 Å². The highest BCUT2D eigenvalue weighted by atomic mass is 16.6. The van der Waals surface area contributed by atoms with E-state index in [0.717, 1.165) is 11.1 Å². The molecular formula is C27H24N2O3. The lowest BCUT2D eigenvalue weighted by atomic mass is 9.85. The number of hydrogen-bond donors (Lipinski definition) is 0. The summed E-state index contributed by atoms with van der Waals surface area (Å²) in [7, 11) is 1.81. The maximum Gasteiger partial charge on any atom is 0.411 e. The van der Waals surface area contributed by atoms with Crippen LogP contribution < -0.4 is 0 Å². The van der Waals surface area contributed by atoms with Crippen LogP contribution in [0.15, 0.2) is 72.8 Å². The van der Waals surface area contributed by atoms with Gasteiger partial charge in [0.25, 0.3) is 0 Å². The highest BCUT2D eigenvalue weighted by Crippen LogP contribution is 2.45. The van der Waals surface area contributed by atoms with E-state index in [-0.39, 0.29) is 24.5 Å². The molecule has 32 heavy (non-hydrogen) atoms. The number of carbonyl (C=O) groups excluding carboxylic acids is 2. The number of fused-ring (bicyclic) bond motifs is 7. The monoisotopic (exact) mass is 424 g/mol. The van der Waals surface area contributed by atoms with Gasteiger partial charge in [0.2, 0.25) is 5.91 Å². The summed E-state index contributed by atoms with van der Waals surface area (Å²) in [4.78, 5) is 29.7. The van der Waals surface area contributed by atoms with Gasteiger partial charge in [-0.25, -0.2) is 4.79 Å². The minimum Gasteiger partial charge on any atom is -0.448 e. The minimum absolute atomic E-state index is 0.00152. The van der Waals surface area contributed by atoms with E-state index in [1.54, 1.807) is 9.80 Å². The number of ether oxygens (including phenoxy) is 1. The first-order chi connectivity index (χ1) is 15.6. The van der Waals surface area contributed by atoms with Crippen LogP contribution in [0.1, 0.15) is 34.2 Å². The summed E-state index contributed by atoms with van der Waals surface area (Å²) in [5.74, 6) is -0.0223. The summed E-state index contributed by atoms with van der Waals surface area (Å²) in [5, 5.41) is 0. The van der Waals surface area contributed by atoms with Gasteiger partial charge in [0.15, 0.2) is 0 Å². The van der Waals surface area contributed by atoms with Gasteiger partial charge in [0.05, 0.1) is 6.04 Å². The molecule has 0 radical (unpaired) electrons. The molecule has 0 spiro atoms. The number of piperazine rings is 1. The number of hydrogen-bond acceptors (Lipinski definition) is 3. The Hall–Kier alpha value is -3.60. The molecule has 0 N–H and O–H groups in total. The van der Waals surface area contributed by atoms with Crippen LogP contribution >= 0.6 is 0 Å². The summed E-state index contributed by atoms with van der Waals surface area (Å²) >= 11 is 0. The predicted molar refractivity (Wildman–Crippen MR) is 121 cm³/mol. The number of likely N-dealkylation sites (N-methyl/N-ethyl adjacent to an activating group) is 1. The third-order valence-electron chi connectivity index (χ3n) is 7.15. The van der Waals surface area contributed by atoms with Crippen molar-refractivity contribution in [1.82, 2.24) is 9.80 Å². The molecule has 160 valence electrons. The van der Waals surface area contributed by atoms with E-state index in [2.05, 4.69) is 36.4 Å². The number of rotatable bonds is 2. The molecule has 0 aromatic heterocycles. The maximum atomic E-state index is 13.4. The number of benzene rings is 3. The zero-order valence-corrected chi connectivity index (χ0v) is 17.9. The Morgan fingerprint density at radius 2 is 1.47 bits per heavy atom. The molecule has 1 saturated heterocycles. The third kappa shape index (κ3) is 2.77. The molecule has 3 aliphatic rings. The van der Waals surface area contributed by atoms with E-state index in [0.29, 0.717) is 13.0 Å². The molecular weight excluding hydrogens is 400 g/mol. The van der Waals surface area contributed by atoms with Crippen LogP contribution in [-0.2, 0) is 16.0 Å². The van der Waals surface area contributed by atoms with E-state index >= 15 is 0 Å². The van der Waals surface area contributed by atoms with Gasteiger partial charge >= 0.3 is 6.09 Å². The van der Waals surface area contributed by atoms with Crippen molar-refractivity contribution in [3.05, 3.63) is 95.1 Å². The molecule has 0 saturated carbocycles. The average Bonchev–Trinajstić information content (AvgIpc) is 3.14. The van der Waals surface area contributed by atoms with Crippen LogP contribution in [0.3, 0.4) is 0 Å². The minimum atomic E-state index is -0.510. The summed E-state index contributed by atoms with van der Waals surface area (Å²) in [6, 6.07) is 24.0. The van der Waals surface area contributed by atoms with Crippen molar-refractivity contribution in [2.24, 2.45) is 0 Å². The lowest BCUT2D eigenvalue weighted by Gasteiger charge is -2.48. The standard InChI is InChI=1S/C27H24N2O3/c1-28-15-25-18-9-3-2-8-17(18)14-24(26(28)30)29(25)27(31)32-16-23-21-12-6-4-10-19(21)20-11-5-7-13-22(20)23/h2-13,23-25H,14-16H2,1H3/t24-,25-/m0/s1. The fourth-order valence-corrected chi connectivity index (χ4v) is 5.64. The molecule has 1 fully saturated rings. The second-order valence-electron chi connectivity index (χ2n) is 8.86. The van der Waals surface area contributed by atoms with Crippen LogP contribution in [0.2, 0.25) is 0 Å². The predicted octanol–water partition coefficient (Wildman–Crippen LogP) is 4.38.